The maximum atomic E-state index is 11.5. The van der Waals surface area contributed by atoms with E-state index in [1.807, 2.05) is 0 Å². The van der Waals surface area contributed by atoms with Crippen LogP contribution in [0.25, 0.3) is 5.52 Å². The molecule has 0 aliphatic carbocycles. The van der Waals surface area contributed by atoms with Crippen LogP contribution in [0.15, 0.2) is 24.4 Å². The molecule has 0 bridgehead atoms. The smallest absolute Gasteiger partial charge is 0.358 e. The van der Waals surface area contributed by atoms with Crippen LogP contribution in [-0.2, 0) is 11.3 Å². The van der Waals surface area contributed by atoms with Crippen molar-refractivity contribution >= 4 is 11.5 Å². The van der Waals surface area contributed by atoms with Crippen LogP contribution >= 0.6 is 0 Å². The maximum absolute atomic E-state index is 11.5. The molecule has 0 spiro atoms. The van der Waals surface area contributed by atoms with Gasteiger partial charge in [0.15, 0.2) is 5.69 Å². The molecule has 0 saturated heterocycles. The third-order valence-electron chi connectivity index (χ3n) is 2.24. The molecule has 0 aromatic carbocycles. The summed E-state index contributed by atoms with van der Waals surface area (Å²) in [5, 5.41) is 13.2. The fraction of sp³-hybridized carbons (Fsp3) is 0.273. The highest BCUT2D eigenvalue weighted by atomic mass is 16.5. The fourth-order valence-corrected chi connectivity index (χ4v) is 1.51. The molecule has 2 aromatic heterocycles. The minimum atomic E-state index is -0.449. The van der Waals surface area contributed by atoms with Gasteiger partial charge in [0.1, 0.15) is 0 Å². The van der Waals surface area contributed by atoms with Gasteiger partial charge in [0.05, 0.1) is 18.7 Å². The summed E-state index contributed by atoms with van der Waals surface area (Å²) in [6.07, 6.45) is 1.72. The van der Waals surface area contributed by atoms with E-state index in [1.165, 1.54) is 0 Å². The molecule has 1 N–H and O–H groups in total. The Morgan fingerprint density at radius 1 is 1.62 bits per heavy atom. The van der Waals surface area contributed by atoms with E-state index < -0.39 is 5.97 Å². The zero-order valence-corrected chi connectivity index (χ0v) is 8.88. The Morgan fingerprint density at radius 2 is 2.44 bits per heavy atom. The van der Waals surface area contributed by atoms with E-state index in [-0.39, 0.29) is 12.3 Å². The van der Waals surface area contributed by atoms with Gasteiger partial charge in [0.2, 0.25) is 0 Å². The third-order valence-corrected chi connectivity index (χ3v) is 2.24. The first-order chi connectivity index (χ1) is 7.76. The number of nitrogens with zero attached hydrogens (tertiary/aromatic N) is 2. The largest absolute Gasteiger partial charge is 0.461 e. The van der Waals surface area contributed by atoms with Gasteiger partial charge in [-0.3, -0.25) is 0 Å². The van der Waals surface area contributed by atoms with Gasteiger partial charge in [0.25, 0.3) is 0 Å². The van der Waals surface area contributed by atoms with Gasteiger partial charge in [-0.25, -0.2) is 9.31 Å². The van der Waals surface area contributed by atoms with Gasteiger partial charge in [0, 0.05) is 11.8 Å². The number of pyridine rings is 1. The van der Waals surface area contributed by atoms with Crippen LogP contribution in [0.1, 0.15) is 23.0 Å². The lowest BCUT2D eigenvalue weighted by Gasteiger charge is -1.97. The van der Waals surface area contributed by atoms with Crippen molar-refractivity contribution in [2.75, 3.05) is 6.61 Å². The summed E-state index contributed by atoms with van der Waals surface area (Å²) in [4.78, 5) is 11.5. The molecule has 0 radical (unpaired) electrons. The molecule has 0 aliphatic heterocycles. The second-order valence-corrected chi connectivity index (χ2v) is 3.27. The van der Waals surface area contributed by atoms with Crippen LogP contribution in [0.2, 0.25) is 0 Å². The van der Waals surface area contributed by atoms with Crippen LogP contribution in [0.4, 0.5) is 0 Å². The Hall–Kier alpha value is -1.88. The van der Waals surface area contributed by atoms with Gasteiger partial charge in [-0.15, -0.1) is 0 Å². The van der Waals surface area contributed by atoms with Crippen molar-refractivity contribution in [3.63, 3.8) is 0 Å². The number of esters is 1. The first-order valence-electron chi connectivity index (χ1n) is 5.01. The summed E-state index contributed by atoms with van der Waals surface area (Å²) in [5.41, 5.74) is 1.70. The van der Waals surface area contributed by atoms with Crippen molar-refractivity contribution in [1.29, 1.82) is 0 Å². The van der Waals surface area contributed by atoms with Crippen LogP contribution in [-0.4, -0.2) is 27.3 Å². The lowest BCUT2D eigenvalue weighted by Crippen LogP contribution is -2.05. The second-order valence-electron chi connectivity index (χ2n) is 3.27. The summed E-state index contributed by atoms with van der Waals surface area (Å²) in [6, 6.07) is 5.16. The maximum Gasteiger partial charge on any atom is 0.358 e. The highest BCUT2D eigenvalue weighted by Crippen LogP contribution is 2.13. The van der Waals surface area contributed by atoms with E-state index in [2.05, 4.69) is 5.10 Å². The number of carbonyl (C=O) groups excluding carboxylic acids is 1. The van der Waals surface area contributed by atoms with Crippen molar-refractivity contribution in [2.24, 2.45) is 0 Å². The number of aliphatic hydroxyl groups is 1. The van der Waals surface area contributed by atoms with Crippen molar-refractivity contribution in [2.45, 2.75) is 13.5 Å². The van der Waals surface area contributed by atoms with E-state index in [4.69, 9.17) is 9.84 Å². The average molecular weight is 220 g/mol. The molecule has 5 heteroatoms. The molecule has 0 amide bonds. The number of fused-ring (bicyclic) bond motifs is 1. The summed E-state index contributed by atoms with van der Waals surface area (Å²) in [6.45, 7) is 1.98. The molecule has 2 aromatic rings. The zero-order valence-electron chi connectivity index (χ0n) is 8.88. The zero-order chi connectivity index (χ0) is 11.5. The third kappa shape index (κ3) is 1.77. The molecule has 16 heavy (non-hydrogen) atoms. The van der Waals surface area contributed by atoms with Gasteiger partial charge >= 0.3 is 5.97 Å². The van der Waals surface area contributed by atoms with E-state index in [1.54, 1.807) is 35.8 Å². The molecule has 2 heterocycles. The number of hydrogen-bond donors (Lipinski definition) is 1. The molecule has 0 unspecified atom stereocenters. The summed E-state index contributed by atoms with van der Waals surface area (Å²) in [5.74, 6) is -0.449. The molecular formula is C11H12N2O3. The molecule has 0 fully saturated rings. The molecule has 0 saturated carbocycles. The summed E-state index contributed by atoms with van der Waals surface area (Å²) in [7, 11) is 0. The molecule has 0 aliphatic rings. The number of ether oxygens (including phenoxy) is 1. The van der Waals surface area contributed by atoms with Crippen LogP contribution in [0.5, 0.6) is 0 Å². The fourth-order valence-electron chi connectivity index (χ4n) is 1.51. The van der Waals surface area contributed by atoms with Crippen LogP contribution in [0, 0.1) is 0 Å². The number of aliphatic hydroxyl groups excluding tert-OH is 1. The normalized spacial score (nSPS) is 10.6. The van der Waals surface area contributed by atoms with E-state index in [0.29, 0.717) is 12.1 Å². The van der Waals surface area contributed by atoms with Crippen LogP contribution in [0.3, 0.4) is 0 Å². The molecule has 2 rings (SSSR count). The minimum Gasteiger partial charge on any atom is -0.461 e. The number of hydrogen-bond acceptors (Lipinski definition) is 4. The minimum absolute atomic E-state index is 0.0850. The number of rotatable bonds is 3. The number of aromatic nitrogens is 2. The molecule has 84 valence electrons. The Bertz CT molecular complexity index is 519. The summed E-state index contributed by atoms with van der Waals surface area (Å²) < 4.78 is 6.41. The highest BCUT2D eigenvalue weighted by molar-refractivity contribution is 5.89. The monoisotopic (exact) mass is 220 g/mol. The second kappa shape index (κ2) is 4.32. The first-order valence-corrected chi connectivity index (χ1v) is 5.01. The molecular weight excluding hydrogens is 208 g/mol. The highest BCUT2D eigenvalue weighted by Gasteiger charge is 2.12. The Labute approximate surface area is 92.3 Å². The Morgan fingerprint density at radius 3 is 3.12 bits per heavy atom. The lowest BCUT2D eigenvalue weighted by molar-refractivity contribution is 0.0519. The van der Waals surface area contributed by atoms with E-state index in [0.717, 1.165) is 5.56 Å². The van der Waals surface area contributed by atoms with E-state index in [9.17, 15) is 4.79 Å². The Balaban J connectivity index is 2.47. The molecule has 0 atom stereocenters. The topological polar surface area (TPSA) is 63.8 Å². The SMILES string of the molecule is CCOC(=O)c1cc2c(CO)cccn2n1. The predicted octanol–water partition coefficient (Wildman–Crippen LogP) is 1.00. The number of carbonyl (C=O) groups is 1. The quantitative estimate of drug-likeness (QED) is 0.784. The standard InChI is InChI=1S/C11H12N2O3/c1-2-16-11(15)9-6-10-8(7-14)4-3-5-13(10)12-9/h3-6,14H,2,7H2,1H3. The van der Waals surface area contributed by atoms with Gasteiger partial charge in [-0.2, -0.15) is 5.10 Å². The van der Waals surface area contributed by atoms with Crippen LogP contribution < -0.4 is 0 Å². The van der Waals surface area contributed by atoms with Crippen molar-refractivity contribution in [1.82, 2.24) is 9.61 Å². The predicted molar refractivity (Wildman–Crippen MR) is 57.1 cm³/mol. The average Bonchev–Trinajstić information content (AvgIpc) is 2.72. The van der Waals surface area contributed by atoms with Gasteiger partial charge < -0.3 is 9.84 Å². The summed E-state index contributed by atoms with van der Waals surface area (Å²) >= 11 is 0. The van der Waals surface area contributed by atoms with Gasteiger partial charge in [-0.05, 0) is 19.1 Å². The lowest BCUT2D eigenvalue weighted by atomic mass is 10.2. The van der Waals surface area contributed by atoms with E-state index >= 15 is 0 Å². The molecule has 5 nitrogen and oxygen atoms in total. The van der Waals surface area contributed by atoms with Crippen molar-refractivity contribution in [3.05, 3.63) is 35.7 Å². The Kier molecular flexibility index (Phi) is 2.87. The van der Waals surface area contributed by atoms with Crippen molar-refractivity contribution in [3.8, 4) is 0 Å². The first kappa shape index (κ1) is 10.6. The van der Waals surface area contributed by atoms with Gasteiger partial charge in [-0.1, -0.05) is 6.07 Å². The van der Waals surface area contributed by atoms with Crippen molar-refractivity contribution < 1.29 is 14.6 Å².